The fraction of sp³-hybridized carbons (Fsp3) is 0.259. The number of anilines is 1. The molecule has 0 spiro atoms. The summed E-state index contributed by atoms with van der Waals surface area (Å²) in [6.07, 6.45) is 1.97. The molecule has 2 aromatic carbocycles. The number of carboxylic acid groups (broad SMARTS) is 1. The average molecular weight is 523 g/mol. The number of fused-ring (bicyclic) bond motifs is 1. The molecule has 198 valence electrons. The van der Waals surface area contributed by atoms with E-state index in [2.05, 4.69) is 15.4 Å². The van der Waals surface area contributed by atoms with Crippen LogP contribution < -0.4 is 14.8 Å². The molecule has 4 aromatic rings. The molecule has 11 heteroatoms. The van der Waals surface area contributed by atoms with Gasteiger partial charge in [-0.1, -0.05) is 0 Å². The first-order chi connectivity index (χ1) is 18.0. The van der Waals surface area contributed by atoms with Crippen LogP contribution in [0.25, 0.3) is 16.6 Å². The van der Waals surface area contributed by atoms with E-state index in [-0.39, 0.29) is 11.6 Å². The van der Waals surface area contributed by atoms with Crippen molar-refractivity contribution in [1.29, 1.82) is 0 Å². The van der Waals surface area contributed by atoms with Gasteiger partial charge in [-0.25, -0.2) is 23.6 Å². The zero-order valence-electron chi connectivity index (χ0n) is 21.3. The van der Waals surface area contributed by atoms with Gasteiger partial charge in [-0.05, 0) is 76.2 Å². The Balaban J connectivity index is 1.73. The summed E-state index contributed by atoms with van der Waals surface area (Å²) in [6.45, 7) is 6.45. The molecule has 0 radical (unpaired) electrons. The SMILES string of the molecule is CC(Oc1cc2cc(F)ccc2nc1NC(=O)OC(C)(C)C)c1cc(OCC(=O)O)ccc1-n1cccn1. The fourth-order valence-electron chi connectivity index (χ4n) is 3.67. The first-order valence-corrected chi connectivity index (χ1v) is 11.7. The molecule has 4 rings (SSSR count). The Hall–Kier alpha value is -4.67. The van der Waals surface area contributed by atoms with Crippen molar-refractivity contribution < 1.29 is 33.3 Å². The molecule has 2 heterocycles. The van der Waals surface area contributed by atoms with Crippen molar-refractivity contribution in [3.05, 3.63) is 72.3 Å². The molecule has 2 N–H and O–H groups in total. The van der Waals surface area contributed by atoms with E-state index in [1.54, 1.807) is 75.1 Å². The van der Waals surface area contributed by atoms with Crippen molar-refractivity contribution >= 4 is 28.8 Å². The molecule has 0 saturated carbocycles. The molecular weight excluding hydrogens is 495 g/mol. The standard InChI is InChI=1S/C27H27FN4O6/c1-16(20-14-19(36-15-24(33)34)7-9-22(20)32-11-5-10-29-32)37-23-13-17-12-18(28)6-8-21(17)30-25(23)31-26(35)38-27(2,3)4/h5-14,16H,15H2,1-4H3,(H,33,34)(H,30,31,35). The Labute approximate surface area is 218 Å². The Bertz CT molecular complexity index is 1470. The summed E-state index contributed by atoms with van der Waals surface area (Å²) in [4.78, 5) is 28.0. The Kier molecular flexibility index (Phi) is 7.47. The van der Waals surface area contributed by atoms with Gasteiger partial charge >= 0.3 is 12.1 Å². The van der Waals surface area contributed by atoms with E-state index in [1.807, 2.05) is 0 Å². The van der Waals surface area contributed by atoms with Crippen LogP contribution in [0.2, 0.25) is 0 Å². The van der Waals surface area contributed by atoms with Gasteiger partial charge < -0.3 is 19.3 Å². The Morgan fingerprint density at radius 3 is 2.63 bits per heavy atom. The normalized spacial score (nSPS) is 12.1. The lowest BCUT2D eigenvalue weighted by Crippen LogP contribution is -2.27. The topological polar surface area (TPSA) is 125 Å². The number of aliphatic carboxylic acids is 1. The Morgan fingerprint density at radius 1 is 1.16 bits per heavy atom. The third-order valence-corrected chi connectivity index (χ3v) is 5.22. The van der Waals surface area contributed by atoms with E-state index in [4.69, 9.17) is 19.3 Å². The molecule has 1 unspecified atom stereocenters. The number of carbonyl (C=O) groups excluding carboxylic acids is 1. The second-order valence-electron chi connectivity index (χ2n) is 9.41. The summed E-state index contributed by atoms with van der Waals surface area (Å²) < 4.78 is 32.6. The predicted molar refractivity (Wildman–Crippen MR) is 137 cm³/mol. The van der Waals surface area contributed by atoms with Crippen molar-refractivity contribution in [2.75, 3.05) is 11.9 Å². The highest BCUT2D eigenvalue weighted by molar-refractivity contribution is 5.90. The van der Waals surface area contributed by atoms with E-state index in [0.717, 1.165) is 0 Å². The number of pyridine rings is 1. The molecule has 1 atom stereocenters. The van der Waals surface area contributed by atoms with Gasteiger partial charge in [0.15, 0.2) is 18.2 Å². The zero-order chi connectivity index (χ0) is 27.4. The second kappa shape index (κ2) is 10.8. The molecule has 2 aromatic heterocycles. The number of aromatic nitrogens is 3. The summed E-state index contributed by atoms with van der Waals surface area (Å²) in [7, 11) is 0. The lowest BCUT2D eigenvalue weighted by molar-refractivity contribution is -0.139. The van der Waals surface area contributed by atoms with Gasteiger partial charge in [-0.2, -0.15) is 5.10 Å². The molecular formula is C27H27FN4O6. The number of carbonyl (C=O) groups is 2. The fourth-order valence-corrected chi connectivity index (χ4v) is 3.67. The van der Waals surface area contributed by atoms with Crippen LogP contribution in [0.1, 0.15) is 39.4 Å². The van der Waals surface area contributed by atoms with E-state index >= 15 is 0 Å². The monoisotopic (exact) mass is 522 g/mol. The molecule has 10 nitrogen and oxygen atoms in total. The smallest absolute Gasteiger partial charge is 0.413 e. The van der Waals surface area contributed by atoms with Crippen LogP contribution in [0, 0.1) is 5.82 Å². The van der Waals surface area contributed by atoms with Crippen molar-refractivity contribution in [2.24, 2.45) is 0 Å². The largest absolute Gasteiger partial charge is 0.482 e. The minimum atomic E-state index is -1.11. The molecule has 1 amide bonds. The van der Waals surface area contributed by atoms with Gasteiger partial charge in [-0.3, -0.25) is 5.32 Å². The van der Waals surface area contributed by atoms with Crippen molar-refractivity contribution in [3.63, 3.8) is 0 Å². The van der Waals surface area contributed by atoms with Gasteiger partial charge in [0, 0.05) is 23.3 Å². The highest BCUT2D eigenvalue weighted by Crippen LogP contribution is 2.35. The maximum atomic E-state index is 14.0. The minimum Gasteiger partial charge on any atom is -0.482 e. The summed E-state index contributed by atoms with van der Waals surface area (Å²) in [5.41, 5.74) is 0.970. The highest BCUT2D eigenvalue weighted by Gasteiger charge is 2.22. The third-order valence-electron chi connectivity index (χ3n) is 5.22. The van der Waals surface area contributed by atoms with Gasteiger partial charge in [0.25, 0.3) is 0 Å². The molecule has 0 aliphatic heterocycles. The van der Waals surface area contributed by atoms with Crippen LogP contribution in [0.3, 0.4) is 0 Å². The highest BCUT2D eigenvalue weighted by atomic mass is 19.1. The second-order valence-corrected chi connectivity index (χ2v) is 9.41. The number of rotatable bonds is 8. The Morgan fingerprint density at radius 2 is 1.95 bits per heavy atom. The van der Waals surface area contributed by atoms with E-state index in [9.17, 15) is 14.0 Å². The van der Waals surface area contributed by atoms with Crippen molar-refractivity contribution in [2.45, 2.75) is 39.4 Å². The van der Waals surface area contributed by atoms with Crippen LogP contribution >= 0.6 is 0 Å². The molecule has 38 heavy (non-hydrogen) atoms. The number of nitrogens with zero attached hydrogens (tertiary/aromatic N) is 3. The van der Waals surface area contributed by atoms with E-state index in [1.165, 1.54) is 18.2 Å². The van der Waals surface area contributed by atoms with E-state index < -0.39 is 36.2 Å². The number of ether oxygens (including phenoxy) is 3. The predicted octanol–water partition coefficient (Wildman–Crippen LogP) is 5.51. The first kappa shape index (κ1) is 26.4. The van der Waals surface area contributed by atoms with Crippen LogP contribution in [0.5, 0.6) is 11.5 Å². The maximum absolute atomic E-state index is 14.0. The summed E-state index contributed by atoms with van der Waals surface area (Å²) in [6, 6.07) is 12.4. The summed E-state index contributed by atoms with van der Waals surface area (Å²) in [5.74, 6) is -0.983. The lowest BCUT2D eigenvalue weighted by Gasteiger charge is -2.23. The van der Waals surface area contributed by atoms with Crippen LogP contribution in [-0.2, 0) is 9.53 Å². The quantitative estimate of drug-likeness (QED) is 0.310. The van der Waals surface area contributed by atoms with Gasteiger partial charge in [0.05, 0.1) is 11.2 Å². The third kappa shape index (κ3) is 6.55. The van der Waals surface area contributed by atoms with Gasteiger partial charge in [-0.15, -0.1) is 0 Å². The number of halogens is 1. The zero-order valence-corrected chi connectivity index (χ0v) is 21.3. The van der Waals surface area contributed by atoms with E-state index in [0.29, 0.717) is 27.9 Å². The number of carboxylic acids is 1. The first-order valence-electron chi connectivity index (χ1n) is 11.7. The summed E-state index contributed by atoms with van der Waals surface area (Å²) >= 11 is 0. The van der Waals surface area contributed by atoms with Crippen LogP contribution in [0.15, 0.2) is 60.9 Å². The molecule has 0 fully saturated rings. The maximum Gasteiger partial charge on any atom is 0.413 e. The van der Waals surface area contributed by atoms with Crippen molar-refractivity contribution in [1.82, 2.24) is 14.8 Å². The van der Waals surface area contributed by atoms with Crippen LogP contribution in [0.4, 0.5) is 15.0 Å². The number of hydrogen-bond donors (Lipinski definition) is 2. The number of amides is 1. The summed E-state index contributed by atoms with van der Waals surface area (Å²) in [5, 5.41) is 16.4. The molecule has 0 saturated heterocycles. The molecule has 0 aliphatic rings. The number of nitrogens with one attached hydrogen (secondary N) is 1. The van der Waals surface area contributed by atoms with Crippen LogP contribution in [-0.4, -0.2) is 44.1 Å². The average Bonchev–Trinajstić information content (AvgIpc) is 3.36. The van der Waals surface area contributed by atoms with Crippen molar-refractivity contribution in [3.8, 4) is 17.2 Å². The van der Waals surface area contributed by atoms with Gasteiger partial charge in [0.1, 0.15) is 23.3 Å². The molecule has 0 bridgehead atoms. The number of hydrogen-bond acceptors (Lipinski definition) is 7. The number of benzene rings is 2. The molecule has 0 aliphatic carbocycles. The lowest BCUT2D eigenvalue weighted by atomic mass is 10.1. The van der Waals surface area contributed by atoms with Gasteiger partial charge in [0.2, 0.25) is 0 Å². The minimum absolute atomic E-state index is 0.0872.